The van der Waals surface area contributed by atoms with Crippen molar-refractivity contribution in [3.63, 3.8) is 0 Å². The van der Waals surface area contributed by atoms with Crippen molar-refractivity contribution in [1.29, 1.82) is 0 Å². The van der Waals surface area contributed by atoms with E-state index in [2.05, 4.69) is 13.8 Å². The Kier molecular flexibility index (Phi) is 8.27. The summed E-state index contributed by atoms with van der Waals surface area (Å²) < 4.78 is 4.82. The Hall–Kier alpha value is -0.570. The van der Waals surface area contributed by atoms with Crippen molar-refractivity contribution < 1.29 is 9.53 Å². The Morgan fingerprint density at radius 2 is 1.67 bits per heavy atom. The van der Waals surface area contributed by atoms with Crippen LogP contribution in [0.5, 0.6) is 0 Å². The van der Waals surface area contributed by atoms with Gasteiger partial charge in [0.15, 0.2) is 0 Å². The summed E-state index contributed by atoms with van der Waals surface area (Å²) in [6.45, 7) is 9.62. The normalized spacial score (nSPS) is 9.83. The minimum atomic E-state index is -0.406. The van der Waals surface area contributed by atoms with Crippen LogP contribution in [0.4, 0.5) is 0 Å². The zero-order valence-corrected chi connectivity index (χ0v) is 8.81. The maximum Gasteiger partial charge on any atom is 0.320 e. The Bertz CT molecular complexity index is 116. The molecule has 0 radical (unpaired) electrons. The van der Waals surface area contributed by atoms with Crippen LogP contribution in [0.3, 0.4) is 0 Å². The molecule has 3 heteroatoms. The first-order chi connectivity index (χ1) is 5.37. The summed E-state index contributed by atoms with van der Waals surface area (Å²) in [4.78, 5) is 10.5. The lowest BCUT2D eigenvalue weighted by Crippen LogP contribution is -2.28. The second-order valence-electron chi connectivity index (χ2n) is 3.50. The summed E-state index contributed by atoms with van der Waals surface area (Å²) in [5.74, 6) is -0.359. The predicted octanol–water partition coefficient (Wildman–Crippen LogP) is 1.70. The largest absolute Gasteiger partial charge is 0.459 e. The van der Waals surface area contributed by atoms with Crippen molar-refractivity contribution in [2.75, 3.05) is 6.54 Å². The molecule has 3 nitrogen and oxygen atoms in total. The Morgan fingerprint density at radius 3 is 1.75 bits per heavy atom. The standard InChI is InChI=1S/C6H13NO2.C3H8/c1-6(2,3)9-5(8)4-7;1-3-2/h4,7H2,1-3H3;3H2,1-2H3. The first-order valence-electron chi connectivity index (χ1n) is 4.29. The van der Waals surface area contributed by atoms with Crippen molar-refractivity contribution in [1.82, 2.24) is 0 Å². The number of carbonyl (C=O) groups excluding carboxylic acids is 1. The number of nitrogens with two attached hydrogens (primary N) is 1. The average Bonchev–Trinajstić information content (AvgIpc) is 1.86. The van der Waals surface area contributed by atoms with Gasteiger partial charge in [-0.1, -0.05) is 20.3 Å². The smallest absolute Gasteiger partial charge is 0.320 e. The Labute approximate surface area is 75.3 Å². The van der Waals surface area contributed by atoms with Crippen LogP contribution >= 0.6 is 0 Å². The van der Waals surface area contributed by atoms with Gasteiger partial charge in [0.25, 0.3) is 0 Å². The Balaban J connectivity index is 0. The molecular weight excluding hydrogens is 154 g/mol. The summed E-state index contributed by atoms with van der Waals surface area (Å²) in [6.07, 6.45) is 1.25. The van der Waals surface area contributed by atoms with Gasteiger partial charge in [0, 0.05) is 0 Å². The molecule has 0 heterocycles. The molecule has 0 aliphatic heterocycles. The van der Waals surface area contributed by atoms with Gasteiger partial charge >= 0.3 is 5.97 Å². The van der Waals surface area contributed by atoms with Crippen LogP contribution in [0, 0.1) is 0 Å². The maximum absolute atomic E-state index is 10.5. The second-order valence-corrected chi connectivity index (χ2v) is 3.50. The van der Waals surface area contributed by atoms with Crippen LogP contribution in [0.2, 0.25) is 0 Å². The molecule has 0 aromatic heterocycles. The van der Waals surface area contributed by atoms with Gasteiger partial charge in [0.2, 0.25) is 0 Å². The van der Waals surface area contributed by atoms with Crippen molar-refractivity contribution in [2.45, 2.75) is 46.6 Å². The fourth-order valence-electron chi connectivity index (χ4n) is 0.383. The molecule has 0 aliphatic rings. The van der Waals surface area contributed by atoms with Gasteiger partial charge in [-0.05, 0) is 20.8 Å². The summed E-state index contributed by atoms with van der Waals surface area (Å²) in [6, 6.07) is 0. The molecule has 0 aromatic rings. The minimum Gasteiger partial charge on any atom is -0.459 e. The van der Waals surface area contributed by atoms with Crippen molar-refractivity contribution in [3.05, 3.63) is 0 Å². The molecule has 0 aromatic carbocycles. The lowest BCUT2D eigenvalue weighted by Gasteiger charge is -2.18. The molecule has 0 aliphatic carbocycles. The van der Waals surface area contributed by atoms with E-state index in [-0.39, 0.29) is 12.5 Å². The molecule has 0 rings (SSSR count). The van der Waals surface area contributed by atoms with E-state index in [1.165, 1.54) is 6.42 Å². The SMILES string of the molecule is CC(C)(C)OC(=O)CN.CCC. The van der Waals surface area contributed by atoms with Crippen LogP contribution in [0.15, 0.2) is 0 Å². The number of esters is 1. The molecule has 0 saturated carbocycles. The van der Waals surface area contributed by atoms with Crippen LogP contribution in [0.25, 0.3) is 0 Å². The van der Waals surface area contributed by atoms with Gasteiger partial charge in [-0.3, -0.25) is 4.79 Å². The molecule has 74 valence electrons. The lowest BCUT2D eigenvalue weighted by molar-refractivity contribution is -0.152. The zero-order valence-electron chi connectivity index (χ0n) is 8.81. The van der Waals surface area contributed by atoms with E-state index in [9.17, 15) is 4.79 Å². The van der Waals surface area contributed by atoms with E-state index < -0.39 is 5.60 Å². The monoisotopic (exact) mass is 175 g/mol. The molecular formula is C9H21NO2. The average molecular weight is 175 g/mol. The minimum absolute atomic E-state index is 0.0444. The third kappa shape index (κ3) is 16.2. The zero-order chi connectivity index (χ0) is 10.2. The number of hydrogen-bond donors (Lipinski definition) is 1. The quantitative estimate of drug-likeness (QED) is 0.617. The summed E-state index contributed by atoms with van der Waals surface area (Å²) in [5.41, 5.74) is 4.60. The predicted molar refractivity (Wildman–Crippen MR) is 50.9 cm³/mol. The van der Waals surface area contributed by atoms with E-state index in [0.29, 0.717) is 0 Å². The van der Waals surface area contributed by atoms with E-state index in [1.807, 2.05) is 0 Å². The molecule has 0 bridgehead atoms. The van der Waals surface area contributed by atoms with Crippen LogP contribution in [-0.2, 0) is 9.53 Å². The third-order valence-corrected chi connectivity index (χ3v) is 0.587. The number of hydrogen-bond acceptors (Lipinski definition) is 3. The summed E-state index contributed by atoms with van der Waals surface area (Å²) in [7, 11) is 0. The van der Waals surface area contributed by atoms with Gasteiger partial charge in [-0.25, -0.2) is 0 Å². The highest BCUT2D eigenvalue weighted by molar-refractivity contribution is 5.71. The van der Waals surface area contributed by atoms with Crippen LogP contribution in [-0.4, -0.2) is 18.1 Å². The van der Waals surface area contributed by atoms with Gasteiger partial charge in [0.1, 0.15) is 5.60 Å². The number of carbonyl (C=O) groups is 1. The Morgan fingerprint density at radius 1 is 1.33 bits per heavy atom. The van der Waals surface area contributed by atoms with Gasteiger partial charge < -0.3 is 10.5 Å². The summed E-state index contributed by atoms with van der Waals surface area (Å²) >= 11 is 0. The molecule has 0 saturated heterocycles. The number of ether oxygens (including phenoxy) is 1. The van der Waals surface area contributed by atoms with Crippen LogP contribution in [0.1, 0.15) is 41.0 Å². The lowest BCUT2D eigenvalue weighted by atomic mass is 10.2. The first-order valence-corrected chi connectivity index (χ1v) is 4.29. The van der Waals surface area contributed by atoms with Gasteiger partial charge in [0.05, 0.1) is 6.54 Å². The highest BCUT2D eigenvalue weighted by Gasteiger charge is 2.13. The molecule has 0 unspecified atom stereocenters. The molecule has 12 heavy (non-hydrogen) atoms. The van der Waals surface area contributed by atoms with Gasteiger partial charge in [-0.15, -0.1) is 0 Å². The molecule has 0 spiro atoms. The molecule has 2 N–H and O–H groups in total. The maximum atomic E-state index is 10.5. The topological polar surface area (TPSA) is 52.3 Å². The van der Waals surface area contributed by atoms with E-state index in [1.54, 1.807) is 20.8 Å². The van der Waals surface area contributed by atoms with Gasteiger partial charge in [-0.2, -0.15) is 0 Å². The molecule has 0 atom stereocenters. The van der Waals surface area contributed by atoms with E-state index in [0.717, 1.165) is 0 Å². The van der Waals surface area contributed by atoms with E-state index in [4.69, 9.17) is 10.5 Å². The van der Waals surface area contributed by atoms with E-state index >= 15 is 0 Å². The second kappa shape index (κ2) is 7.10. The third-order valence-electron chi connectivity index (χ3n) is 0.587. The highest BCUT2D eigenvalue weighted by atomic mass is 16.6. The van der Waals surface area contributed by atoms with Crippen molar-refractivity contribution in [3.8, 4) is 0 Å². The van der Waals surface area contributed by atoms with Crippen molar-refractivity contribution in [2.24, 2.45) is 5.73 Å². The fraction of sp³-hybridized carbons (Fsp3) is 0.889. The molecule has 0 amide bonds. The van der Waals surface area contributed by atoms with Crippen LogP contribution < -0.4 is 5.73 Å². The first kappa shape index (κ1) is 14.0. The van der Waals surface area contributed by atoms with Crippen molar-refractivity contribution >= 4 is 5.97 Å². The highest BCUT2D eigenvalue weighted by Crippen LogP contribution is 2.05. The fourth-order valence-corrected chi connectivity index (χ4v) is 0.383. The molecule has 0 fully saturated rings. The summed E-state index contributed by atoms with van der Waals surface area (Å²) in [5, 5.41) is 0. The number of rotatable bonds is 1.